The maximum Gasteiger partial charge on any atom is 0.210 e. The van der Waals surface area contributed by atoms with Crippen molar-refractivity contribution in [1.29, 1.82) is 0 Å². The molecule has 0 unspecified atom stereocenters. The zero-order chi connectivity index (χ0) is 10.6. The van der Waals surface area contributed by atoms with E-state index < -0.39 is 0 Å². The van der Waals surface area contributed by atoms with Crippen molar-refractivity contribution in [3.8, 4) is 0 Å². The Labute approximate surface area is 115 Å². The van der Waals surface area contributed by atoms with Crippen LogP contribution in [0.15, 0.2) is 24.3 Å². The molecule has 0 amide bonds. The third-order valence-corrected chi connectivity index (χ3v) is 3.51. The van der Waals surface area contributed by atoms with Crippen LogP contribution in [0.2, 0.25) is 5.02 Å². The molecule has 76 valence electrons. The summed E-state index contributed by atoms with van der Waals surface area (Å²) in [6, 6.07) is 7.40. The molecule has 1 atom stereocenters. The van der Waals surface area contributed by atoms with Gasteiger partial charge in [0.05, 0.1) is 6.04 Å². The topological polar surface area (TPSA) is 29.1 Å². The Morgan fingerprint density at radius 3 is 2.43 bits per heavy atom. The lowest BCUT2D eigenvalue weighted by molar-refractivity contribution is -0.110. The second kappa shape index (κ2) is 6.24. The quantitative estimate of drug-likeness (QED) is 0.447. The molecule has 0 aliphatic heterocycles. The van der Waals surface area contributed by atoms with Crippen LogP contribution in [0.25, 0.3) is 0 Å². The summed E-state index contributed by atoms with van der Waals surface area (Å²) in [7, 11) is 0. The zero-order valence-electron chi connectivity index (χ0n) is 7.14. The second-order valence-corrected chi connectivity index (χ2v) is 4.92. The molecule has 1 aromatic carbocycles. The van der Waals surface area contributed by atoms with E-state index >= 15 is 0 Å². The molecule has 0 saturated heterocycles. The van der Waals surface area contributed by atoms with Gasteiger partial charge in [-0.05, 0) is 24.1 Å². The average molecular weight is 435 g/mol. The fourth-order valence-corrected chi connectivity index (χ4v) is 2.62. The Hall–Kier alpha value is 0.600. The van der Waals surface area contributed by atoms with E-state index in [0.717, 1.165) is 5.56 Å². The maximum absolute atomic E-state index is 11.1. The second-order valence-electron chi connectivity index (χ2n) is 2.80. The first kappa shape index (κ1) is 12.7. The molecular formula is C9H8ClI2NO. The summed E-state index contributed by atoms with van der Waals surface area (Å²) in [4.78, 5) is 11.1. The van der Waals surface area contributed by atoms with Crippen molar-refractivity contribution in [2.24, 2.45) is 0 Å². The van der Waals surface area contributed by atoms with Crippen molar-refractivity contribution in [1.82, 2.24) is 3.53 Å². The molecule has 1 rings (SSSR count). The lowest BCUT2D eigenvalue weighted by Crippen LogP contribution is -2.28. The summed E-state index contributed by atoms with van der Waals surface area (Å²) in [6.45, 7) is 0. The minimum absolute atomic E-state index is 0.118. The maximum atomic E-state index is 11.1. The van der Waals surface area contributed by atoms with E-state index in [0.29, 0.717) is 11.4 Å². The first-order valence-corrected chi connectivity index (χ1v) is 6.47. The van der Waals surface area contributed by atoms with Gasteiger partial charge in [-0.2, -0.15) is 0 Å². The fourth-order valence-electron chi connectivity index (χ4n) is 1.02. The first-order valence-electron chi connectivity index (χ1n) is 3.93. The Kier molecular flexibility index (Phi) is 5.65. The molecule has 14 heavy (non-hydrogen) atoms. The lowest BCUT2D eigenvalue weighted by Gasteiger charge is -2.09. The summed E-state index contributed by atoms with van der Waals surface area (Å²) >= 11 is 9.56. The number of benzene rings is 1. The van der Waals surface area contributed by atoms with E-state index in [4.69, 9.17) is 11.6 Å². The number of nitrogens with one attached hydrogen (secondary N) is 1. The molecule has 0 bridgehead atoms. The van der Waals surface area contributed by atoms with Gasteiger partial charge in [0.25, 0.3) is 0 Å². The molecule has 5 heteroatoms. The Bertz CT molecular complexity index is 315. The normalized spacial score (nSPS) is 12.5. The van der Waals surface area contributed by atoms with Crippen LogP contribution < -0.4 is 3.53 Å². The Morgan fingerprint density at radius 1 is 1.43 bits per heavy atom. The molecule has 2 nitrogen and oxygen atoms in total. The van der Waals surface area contributed by atoms with Crippen LogP contribution in [-0.4, -0.2) is 9.83 Å². The lowest BCUT2D eigenvalue weighted by atomic mass is 10.1. The van der Waals surface area contributed by atoms with Crippen LogP contribution in [0.5, 0.6) is 0 Å². The fraction of sp³-hybridized carbons (Fsp3) is 0.222. The van der Waals surface area contributed by atoms with Crippen LogP contribution in [-0.2, 0) is 11.2 Å². The van der Waals surface area contributed by atoms with Gasteiger partial charge in [-0.15, -0.1) is 0 Å². The van der Waals surface area contributed by atoms with Crippen LogP contribution in [0, 0.1) is 0 Å². The predicted octanol–water partition coefficient (Wildman–Crippen LogP) is 3.15. The first-order chi connectivity index (χ1) is 6.63. The van der Waals surface area contributed by atoms with Crippen LogP contribution in [0.1, 0.15) is 5.56 Å². The molecular weight excluding hydrogens is 427 g/mol. The highest BCUT2D eigenvalue weighted by Crippen LogP contribution is 2.12. The van der Waals surface area contributed by atoms with Crippen molar-refractivity contribution < 1.29 is 4.79 Å². The highest BCUT2D eigenvalue weighted by Gasteiger charge is 2.13. The van der Waals surface area contributed by atoms with Gasteiger partial charge >= 0.3 is 0 Å². The molecule has 1 aromatic rings. The summed E-state index contributed by atoms with van der Waals surface area (Å²) < 4.78 is 3.06. The van der Waals surface area contributed by atoms with Gasteiger partial charge in [0.2, 0.25) is 3.79 Å². The van der Waals surface area contributed by atoms with Crippen molar-refractivity contribution in [3.63, 3.8) is 0 Å². The van der Waals surface area contributed by atoms with Crippen LogP contribution in [0.3, 0.4) is 0 Å². The predicted molar refractivity (Wildman–Crippen MR) is 75.1 cm³/mol. The number of carbonyl (C=O) groups excluding carboxylic acids is 1. The summed E-state index contributed by atoms with van der Waals surface area (Å²) in [5, 5.41) is 0.716. The smallest absolute Gasteiger partial charge is 0.210 e. The molecule has 0 spiro atoms. The molecule has 0 aliphatic carbocycles. The monoisotopic (exact) mass is 435 g/mol. The van der Waals surface area contributed by atoms with Crippen molar-refractivity contribution in [3.05, 3.63) is 34.9 Å². The van der Waals surface area contributed by atoms with Crippen LogP contribution in [0.4, 0.5) is 0 Å². The number of rotatable bonds is 4. The summed E-state index contributed by atoms with van der Waals surface area (Å²) in [5.41, 5.74) is 1.11. The van der Waals surface area contributed by atoms with E-state index in [1.165, 1.54) is 0 Å². The summed E-state index contributed by atoms with van der Waals surface area (Å²) in [6.07, 6.45) is 0.696. The van der Waals surface area contributed by atoms with E-state index in [1.807, 2.05) is 47.1 Å². The molecule has 1 N–H and O–H groups in total. The number of hydrogen-bond acceptors (Lipinski definition) is 2. The Balaban J connectivity index is 2.67. The SMILES string of the molecule is O=C(I)[C@H](Cc1ccc(Cl)cc1)NI. The number of hydrogen-bond donors (Lipinski definition) is 1. The van der Waals surface area contributed by atoms with Gasteiger partial charge in [0.15, 0.2) is 0 Å². The number of halogens is 3. The summed E-state index contributed by atoms with van der Waals surface area (Å²) in [5.74, 6) is 0. The molecule has 0 radical (unpaired) electrons. The van der Waals surface area contributed by atoms with Gasteiger partial charge in [0.1, 0.15) is 0 Å². The minimum atomic E-state index is -0.127. The highest BCUT2D eigenvalue weighted by atomic mass is 127. The van der Waals surface area contributed by atoms with Gasteiger partial charge in [-0.3, -0.25) is 4.79 Å². The largest absolute Gasteiger partial charge is 0.286 e. The third kappa shape index (κ3) is 4.00. The van der Waals surface area contributed by atoms with Gasteiger partial charge in [0, 0.05) is 50.5 Å². The van der Waals surface area contributed by atoms with Gasteiger partial charge in [-0.1, -0.05) is 23.7 Å². The molecule has 0 aliphatic rings. The van der Waals surface area contributed by atoms with Gasteiger partial charge < -0.3 is 0 Å². The highest BCUT2D eigenvalue weighted by molar-refractivity contribution is 14.1. The van der Waals surface area contributed by atoms with E-state index in [2.05, 4.69) is 3.53 Å². The van der Waals surface area contributed by atoms with E-state index in [-0.39, 0.29) is 9.83 Å². The van der Waals surface area contributed by atoms with Crippen molar-refractivity contribution >= 4 is 60.8 Å². The average Bonchev–Trinajstić information content (AvgIpc) is 2.16. The van der Waals surface area contributed by atoms with Crippen molar-refractivity contribution in [2.45, 2.75) is 12.5 Å². The van der Waals surface area contributed by atoms with Crippen molar-refractivity contribution in [2.75, 3.05) is 0 Å². The molecule has 0 aromatic heterocycles. The molecule has 0 heterocycles. The standard InChI is InChI=1S/C9H8ClI2NO/c10-7-3-1-6(2-4-7)5-8(13-12)9(11)14/h1-4,8,13H,5H2/t8-/m0/s1. The molecule has 0 fully saturated rings. The van der Waals surface area contributed by atoms with Gasteiger partial charge in [-0.25, -0.2) is 3.53 Å². The molecule has 0 saturated carbocycles. The van der Waals surface area contributed by atoms with Crippen LogP contribution >= 0.6 is 57.1 Å². The Morgan fingerprint density at radius 2 is 2.00 bits per heavy atom. The van der Waals surface area contributed by atoms with E-state index in [9.17, 15) is 4.79 Å². The van der Waals surface area contributed by atoms with E-state index in [1.54, 1.807) is 22.6 Å². The number of carbonyl (C=O) groups is 1. The third-order valence-electron chi connectivity index (χ3n) is 1.76. The zero-order valence-corrected chi connectivity index (χ0v) is 12.2. The minimum Gasteiger partial charge on any atom is -0.286 e.